The van der Waals surface area contributed by atoms with Crippen LogP contribution in [0.3, 0.4) is 0 Å². The number of anilines is 1. The highest BCUT2D eigenvalue weighted by atomic mass is 35.5. The average Bonchev–Trinajstić information content (AvgIpc) is 2.36. The molecule has 0 atom stereocenters. The lowest BCUT2D eigenvalue weighted by Crippen LogP contribution is -2.31. The Labute approximate surface area is 125 Å². The van der Waals surface area contributed by atoms with Crippen LogP contribution in [0.25, 0.3) is 0 Å². The second kappa shape index (κ2) is 9.34. The largest absolute Gasteiger partial charge is 0.350 e. The molecule has 1 aromatic carbocycles. The molecule has 1 aromatic rings. The Kier molecular flexibility index (Phi) is 8.59. The Morgan fingerprint density at radius 2 is 1.90 bits per heavy atom. The van der Waals surface area contributed by atoms with Crippen LogP contribution in [-0.2, 0) is 4.79 Å². The molecule has 112 valence electrons. The number of para-hydroxylation sites is 1. The number of nitrogens with two attached hydrogens (primary N) is 1. The third kappa shape index (κ3) is 6.04. The summed E-state index contributed by atoms with van der Waals surface area (Å²) >= 11 is 0. The zero-order valence-corrected chi connectivity index (χ0v) is 12.6. The Bertz CT molecular complexity index is 450. The highest BCUT2D eigenvalue weighted by molar-refractivity contribution is 6.03. The summed E-state index contributed by atoms with van der Waals surface area (Å²) in [4.78, 5) is 23.7. The Balaban J connectivity index is 0.00000361. The van der Waals surface area contributed by atoms with Crippen LogP contribution in [0.15, 0.2) is 24.3 Å². The van der Waals surface area contributed by atoms with Gasteiger partial charge in [-0.1, -0.05) is 12.1 Å². The molecule has 0 fully saturated rings. The van der Waals surface area contributed by atoms with E-state index in [9.17, 15) is 9.59 Å². The number of halogens is 1. The van der Waals surface area contributed by atoms with Crippen molar-refractivity contribution in [2.75, 3.05) is 11.9 Å². The summed E-state index contributed by atoms with van der Waals surface area (Å²) in [6.45, 7) is 4.25. The molecule has 0 aliphatic rings. The first-order valence-corrected chi connectivity index (χ1v) is 6.44. The van der Waals surface area contributed by atoms with Gasteiger partial charge in [0.25, 0.3) is 5.91 Å². The maximum atomic E-state index is 12.0. The zero-order valence-electron chi connectivity index (χ0n) is 11.8. The van der Waals surface area contributed by atoms with Crippen molar-refractivity contribution in [1.82, 2.24) is 5.32 Å². The summed E-state index contributed by atoms with van der Waals surface area (Å²) in [7, 11) is 0. The van der Waals surface area contributed by atoms with Gasteiger partial charge in [0.15, 0.2) is 0 Å². The molecule has 0 radical (unpaired) electrons. The maximum absolute atomic E-state index is 12.0. The van der Waals surface area contributed by atoms with E-state index in [1.807, 2.05) is 13.8 Å². The molecule has 0 spiro atoms. The third-order valence-electron chi connectivity index (χ3n) is 2.47. The van der Waals surface area contributed by atoms with Crippen molar-refractivity contribution >= 4 is 29.9 Å². The summed E-state index contributed by atoms with van der Waals surface area (Å²) in [5.41, 5.74) is 6.36. The highest BCUT2D eigenvalue weighted by Gasteiger charge is 2.13. The molecule has 1 rings (SSSR count). The molecule has 6 heteroatoms. The van der Waals surface area contributed by atoms with E-state index >= 15 is 0 Å². The molecule has 0 saturated heterocycles. The van der Waals surface area contributed by atoms with Crippen molar-refractivity contribution in [2.24, 2.45) is 5.73 Å². The number of amides is 2. The SMILES string of the molecule is CC(C)NC(=O)c1ccccc1NC(=O)CCCN.Cl. The van der Waals surface area contributed by atoms with Gasteiger partial charge in [-0.3, -0.25) is 9.59 Å². The minimum absolute atomic E-state index is 0. The number of rotatable bonds is 6. The Hall–Kier alpha value is -1.59. The fourth-order valence-corrected chi connectivity index (χ4v) is 1.61. The van der Waals surface area contributed by atoms with Crippen molar-refractivity contribution in [1.29, 1.82) is 0 Å². The van der Waals surface area contributed by atoms with E-state index in [1.165, 1.54) is 0 Å². The van der Waals surface area contributed by atoms with Crippen LogP contribution in [0, 0.1) is 0 Å². The fraction of sp³-hybridized carbons (Fsp3) is 0.429. The van der Waals surface area contributed by atoms with Crippen molar-refractivity contribution in [2.45, 2.75) is 32.7 Å². The number of benzene rings is 1. The molecule has 0 aliphatic heterocycles. The van der Waals surface area contributed by atoms with Gasteiger partial charge in [-0.05, 0) is 38.9 Å². The molecule has 4 N–H and O–H groups in total. The Morgan fingerprint density at radius 1 is 1.25 bits per heavy atom. The summed E-state index contributed by atoms with van der Waals surface area (Å²) in [5.74, 6) is -0.319. The molecule has 0 bridgehead atoms. The summed E-state index contributed by atoms with van der Waals surface area (Å²) in [6.07, 6.45) is 0.989. The highest BCUT2D eigenvalue weighted by Crippen LogP contribution is 2.15. The number of hydrogen-bond acceptors (Lipinski definition) is 3. The average molecular weight is 300 g/mol. The van der Waals surface area contributed by atoms with Gasteiger partial charge >= 0.3 is 0 Å². The number of nitrogens with one attached hydrogen (secondary N) is 2. The second-order valence-corrected chi connectivity index (χ2v) is 4.61. The second-order valence-electron chi connectivity index (χ2n) is 4.61. The standard InChI is InChI=1S/C14H21N3O2.ClH/c1-10(2)16-14(19)11-6-3-4-7-12(11)17-13(18)8-5-9-15;/h3-4,6-7,10H,5,8-9,15H2,1-2H3,(H,16,19)(H,17,18);1H. The summed E-state index contributed by atoms with van der Waals surface area (Å²) < 4.78 is 0. The van der Waals surface area contributed by atoms with Crippen molar-refractivity contribution < 1.29 is 9.59 Å². The summed E-state index contributed by atoms with van der Waals surface area (Å²) in [6, 6.07) is 7.01. The lowest BCUT2D eigenvalue weighted by atomic mass is 10.1. The van der Waals surface area contributed by atoms with Gasteiger partial charge in [-0.25, -0.2) is 0 Å². The fourth-order valence-electron chi connectivity index (χ4n) is 1.61. The maximum Gasteiger partial charge on any atom is 0.253 e. The van der Waals surface area contributed by atoms with Crippen LogP contribution in [0.5, 0.6) is 0 Å². The van der Waals surface area contributed by atoms with Gasteiger partial charge in [0.1, 0.15) is 0 Å². The van der Waals surface area contributed by atoms with Gasteiger partial charge in [0, 0.05) is 12.5 Å². The van der Waals surface area contributed by atoms with Gasteiger partial charge in [0.05, 0.1) is 11.3 Å². The van der Waals surface area contributed by atoms with Crippen molar-refractivity contribution in [3.63, 3.8) is 0 Å². The molecule has 2 amide bonds. The molecule has 20 heavy (non-hydrogen) atoms. The monoisotopic (exact) mass is 299 g/mol. The normalized spacial score (nSPS) is 9.80. The lowest BCUT2D eigenvalue weighted by Gasteiger charge is -2.13. The van der Waals surface area contributed by atoms with E-state index in [1.54, 1.807) is 24.3 Å². The predicted octanol–water partition coefficient (Wildman–Crippen LogP) is 1.92. The van der Waals surface area contributed by atoms with E-state index in [0.29, 0.717) is 30.6 Å². The van der Waals surface area contributed by atoms with Crippen LogP contribution in [0.2, 0.25) is 0 Å². The Morgan fingerprint density at radius 3 is 2.50 bits per heavy atom. The van der Waals surface area contributed by atoms with Crippen LogP contribution in [-0.4, -0.2) is 24.4 Å². The molecule has 0 unspecified atom stereocenters. The van der Waals surface area contributed by atoms with Crippen LogP contribution in [0.4, 0.5) is 5.69 Å². The molecule has 0 aliphatic carbocycles. The lowest BCUT2D eigenvalue weighted by molar-refractivity contribution is -0.116. The zero-order chi connectivity index (χ0) is 14.3. The topological polar surface area (TPSA) is 84.2 Å². The molecule has 0 heterocycles. The summed E-state index contributed by atoms with van der Waals surface area (Å²) in [5, 5.41) is 5.55. The van der Waals surface area contributed by atoms with E-state index in [2.05, 4.69) is 10.6 Å². The molecular weight excluding hydrogens is 278 g/mol. The van der Waals surface area contributed by atoms with Crippen LogP contribution in [0.1, 0.15) is 37.0 Å². The minimum Gasteiger partial charge on any atom is -0.350 e. The number of carbonyl (C=O) groups excluding carboxylic acids is 2. The van der Waals surface area contributed by atoms with E-state index in [-0.39, 0.29) is 30.3 Å². The molecular formula is C14H22ClN3O2. The number of carbonyl (C=O) groups is 2. The van der Waals surface area contributed by atoms with Crippen LogP contribution < -0.4 is 16.4 Å². The molecule has 0 aromatic heterocycles. The van der Waals surface area contributed by atoms with E-state index in [0.717, 1.165) is 0 Å². The minimum atomic E-state index is -0.190. The van der Waals surface area contributed by atoms with E-state index < -0.39 is 0 Å². The van der Waals surface area contributed by atoms with Gasteiger partial charge in [0.2, 0.25) is 5.91 Å². The number of hydrogen-bond donors (Lipinski definition) is 3. The van der Waals surface area contributed by atoms with Crippen LogP contribution >= 0.6 is 12.4 Å². The van der Waals surface area contributed by atoms with Crippen molar-refractivity contribution in [3.05, 3.63) is 29.8 Å². The molecule has 5 nitrogen and oxygen atoms in total. The first-order valence-electron chi connectivity index (χ1n) is 6.44. The smallest absolute Gasteiger partial charge is 0.253 e. The predicted molar refractivity (Wildman–Crippen MR) is 83.2 cm³/mol. The molecule has 0 saturated carbocycles. The van der Waals surface area contributed by atoms with Crippen molar-refractivity contribution in [3.8, 4) is 0 Å². The first kappa shape index (κ1) is 18.4. The van der Waals surface area contributed by atoms with Gasteiger partial charge in [-0.2, -0.15) is 0 Å². The first-order chi connectivity index (χ1) is 9.04. The van der Waals surface area contributed by atoms with Gasteiger partial charge in [-0.15, -0.1) is 12.4 Å². The quantitative estimate of drug-likeness (QED) is 0.750. The van der Waals surface area contributed by atoms with Gasteiger partial charge < -0.3 is 16.4 Å². The van der Waals surface area contributed by atoms with E-state index in [4.69, 9.17) is 5.73 Å². The third-order valence-corrected chi connectivity index (χ3v) is 2.47.